The third kappa shape index (κ3) is 3.09. The molecule has 1 aromatic carbocycles. The minimum Gasteiger partial charge on any atom is -0.298 e. The molecule has 3 rings (SSSR count). The summed E-state index contributed by atoms with van der Waals surface area (Å²) in [6.45, 7) is 4.20. The van der Waals surface area contributed by atoms with E-state index in [1.54, 1.807) is 18.2 Å². The standard InChI is InChI=1S/C16H14Cl2N2O2S/c1-8(2)13-6-11-14(23-13)19-16(22)20(15(11)21)7-9-3-4-10(17)5-12(9)18/h3-6,8H,7H2,1-2H3,(H,19,22). The highest BCUT2D eigenvalue weighted by molar-refractivity contribution is 7.18. The maximum absolute atomic E-state index is 12.6. The first-order chi connectivity index (χ1) is 10.9. The van der Waals surface area contributed by atoms with Crippen LogP contribution in [-0.4, -0.2) is 9.55 Å². The van der Waals surface area contributed by atoms with Crippen molar-refractivity contribution in [1.29, 1.82) is 0 Å². The summed E-state index contributed by atoms with van der Waals surface area (Å²) in [4.78, 5) is 29.4. The summed E-state index contributed by atoms with van der Waals surface area (Å²) in [7, 11) is 0. The summed E-state index contributed by atoms with van der Waals surface area (Å²) in [5, 5.41) is 1.47. The van der Waals surface area contributed by atoms with Gasteiger partial charge in [0.15, 0.2) is 0 Å². The maximum atomic E-state index is 12.6. The number of benzene rings is 1. The molecule has 0 aliphatic rings. The van der Waals surface area contributed by atoms with Gasteiger partial charge in [-0.25, -0.2) is 4.79 Å². The van der Waals surface area contributed by atoms with Crippen molar-refractivity contribution in [3.8, 4) is 0 Å². The molecule has 0 radical (unpaired) electrons. The summed E-state index contributed by atoms with van der Waals surface area (Å²) in [6.07, 6.45) is 0. The fourth-order valence-electron chi connectivity index (χ4n) is 2.31. The van der Waals surface area contributed by atoms with Gasteiger partial charge < -0.3 is 0 Å². The van der Waals surface area contributed by atoms with Gasteiger partial charge in [0, 0.05) is 14.9 Å². The van der Waals surface area contributed by atoms with Gasteiger partial charge in [0.2, 0.25) is 0 Å². The molecule has 3 aromatic rings. The third-order valence-electron chi connectivity index (χ3n) is 3.60. The molecule has 7 heteroatoms. The number of halogens is 2. The zero-order valence-corrected chi connectivity index (χ0v) is 14.9. The summed E-state index contributed by atoms with van der Waals surface area (Å²) in [6, 6.07) is 6.84. The predicted molar refractivity (Wildman–Crippen MR) is 96.4 cm³/mol. The summed E-state index contributed by atoms with van der Waals surface area (Å²) in [5.74, 6) is 0.300. The van der Waals surface area contributed by atoms with Gasteiger partial charge in [-0.15, -0.1) is 11.3 Å². The second kappa shape index (κ2) is 6.15. The Morgan fingerprint density at radius 2 is 1.96 bits per heavy atom. The van der Waals surface area contributed by atoms with E-state index >= 15 is 0 Å². The molecule has 0 unspecified atom stereocenters. The fourth-order valence-corrected chi connectivity index (χ4v) is 3.82. The van der Waals surface area contributed by atoms with E-state index in [2.05, 4.69) is 18.8 Å². The average Bonchev–Trinajstić information content (AvgIpc) is 2.89. The first-order valence-electron chi connectivity index (χ1n) is 7.07. The Balaban J connectivity index is 2.14. The number of nitrogens with zero attached hydrogens (tertiary/aromatic N) is 1. The van der Waals surface area contributed by atoms with Crippen LogP contribution in [0.3, 0.4) is 0 Å². The van der Waals surface area contributed by atoms with E-state index < -0.39 is 5.69 Å². The van der Waals surface area contributed by atoms with Gasteiger partial charge >= 0.3 is 5.69 Å². The molecular weight excluding hydrogens is 355 g/mol. The van der Waals surface area contributed by atoms with Crippen LogP contribution in [0.2, 0.25) is 10.0 Å². The molecule has 120 valence electrons. The SMILES string of the molecule is CC(C)c1cc2c(=O)n(Cc3ccc(Cl)cc3Cl)c(=O)[nH]c2s1. The highest BCUT2D eigenvalue weighted by Crippen LogP contribution is 2.27. The van der Waals surface area contributed by atoms with E-state index in [9.17, 15) is 9.59 Å². The topological polar surface area (TPSA) is 54.9 Å². The van der Waals surface area contributed by atoms with E-state index in [1.807, 2.05) is 6.07 Å². The van der Waals surface area contributed by atoms with Gasteiger partial charge in [-0.1, -0.05) is 43.1 Å². The monoisotopic (exact) mass is 368 g/mol. The number of hydrogen-bond acceptors (Lipinski definition) is 3. The molecule has 1 N–H and O–H groups in total. The molecule has 0 saturated carbocycles. The Bertz CT molecular complexity index is 1000. The van der Waals surface area contributed by atoms with Crippen LogP contribution in [0.4, 0.5) is 0 Å². The zero-order valence-electron chi connectivity index (χ0n) is 12.5. The van der Waals surface area contributed by atoms with Crippen molar-refractivity contribution < 1.29 is 0 Å². The van der Waals surface area contributed by atoms with E-state index in [-0.39, 0.29) is 12.1 Å². The van der Waals surface area contributed by atoms with Crippen LogP contribution in [0.15, 0.2) is 33.9 Å². The lowest BCUT2D eigenvalue weighted by Gasteiger charge is -2.07. The Morgan fingerprint density at radius 3 is 2.61 bits per heavy atom. The molecule has 4 nitrogen and oxygen atoms in total. The largest absolute Gasteiger partial charge is 0.329 e. The van der Waals surface area contributed by atoms with Gasteiger partial charge in [-0.05, 0) is 29.7 Å². The Kier molecular flexibility index (Phi) is 4.36. The van der Waals surface area contributed by atoms with Crippen LogP contribution in [0.1, 0.15) is 30.2 Å². The van der Waals surface area contributed by atoms with E-state index in [4.69, 9.17) is 23.2 Å². The average molecular weight is 369 g/mol. The number of thiophene rings is 1. The molecule has 0 amide bonds. The highest BCUT2D eigenvalue weighted by atomic mass is 35.5. The third-order valence-corrected chi connectivity index (χ3v) is 5.54. The second-order valence-electron chi connectivity index (χ2n) is 5.60. The summed E-state index contributed by atoms with van der Waals surface area (Å²) < 4.78 is 1.16. The lowest BCUT2D eigenvalue weighted by molar-refractivity contribution is 0.713. The number of hydrogen-bond donors (Lipinski definition) is 1. The Labute approximate surface area is 146 Å². The first kappa shape index (κ1) is 16.3. The molecule has 23 heavy (non-hydrogen) atoms. The van der Waals surface area contributed by atoms with E-state index in [0.717, 1.165) is 9.44 Å². The van der Waals surface area contributed by atoms with Crippen LogP contribution in [0.25, 0.3) is 10.2 Å². The lowest BCUT2D eigenvalue weighted by atomic mass is 10.2. The normalized spacial score (nSPS) is 11.5. The van der Waals surface area contributed by atoms with Crippen LogP contribution < -0.4 is 11.2 Å². The van der Waals surface area contributed by atoms with Gasteiger partial charge in [-0.2, -0.15) is 0 Å². The van der Waals surface area contributed by atoms with E-state index in [0.29, 0.717) is 31.7 Å². The smallest absolute Gasteiger partial charge is 0.298 e. The number of nitrogens with one attached hydrogen (secondary N) is 1. The first-order valence-corrected chi connectivity index (χ1v) is 8.64. The number of H-pyrrole nitrogens is 1. The fraction of sp³-hybridized carbons (Fsp3) is 0.250. The van der Waals surface area contributed by atoms with Crippen molar-refractivity contribution in [2.24, 2.45) is 0 Å². The van der Waals surface area contributed by atoms with Crippen LogP contribution in [0, 0.1) is 0 Å². The van der Waals surface area contributed by atoms with Crippen LogP contribution in [0.5, 0.6) is 0 Å². The molecule has 0 bridgehead atoms. The van der Waals surface area contributed by atoms with Crippen molar-refractivity contribution in [3.05, 3.63) is 65.6 Å². The maximum Gasteiger partial charge on any atom is 0.329 e. The molecule has 0 saturated heterocycles. The summed E-state index contributed by atoms with van der Waals surface area (Å²) >= 11 is 13.5. The molecular formula is C16H14Cl2N2O2S. The predicted octanol–water partition coefficient (Wildman–Crippen LogP) is 4.23. The number of rotatable bonds is 3. The molecule has 0 fully saturated rings. The summed E-state index contributed by atoms with van der Waals surface area (Å²) in [5.41, 5.74) is -0.0779. The zero-order chi connectivity index (χ0) is 16.7. The molecule has 0 aliphatic carbocycles. The van der Waals surface area contributed by atoms with Crippen molar-refractivity contribution in [2.75, 3.05) is 0 Å². The van der Waals surface area contributed by atoms with Gasteiger partial charge in [-0.3, -0.25) is 14.3 Å². The van der Waals surface area contributed by atoms with Gasteiger partial charge in [0.05, 0.1) is 11.9 Å². The highest BCUT2D eigenvalue weighted by Gasteiger charge is 2.14. The van der Waals surface area contributed by atoms with Gasteiger partial charge in [0.1, 0.15) is 4.83 Å². The molecule has 2 heterocycles. The molecule has 0 spiro atoms. The van der Waals surface area contributed by atoms with Gasteiger partial charge in [0.25, 0.3) is 5.56 Å². The van der Waals surface area contributed by atoms with Crippen molar-refractivity contribution in [3.63, 3.8) is 0 Å². The minimum atomic E-state index is -0.439. The van der Waals surface area contributed by atoms with Crippen LogP contribution >= 0.6 is 34.5 Å². The number of aromatic nitrogens is 2. The lowest BCUT2D eigenvalue weighted by Crippen LogP contribution is -2.34. The van der Waals surface area contributed by atoms with E-state index in [1.165, 1.54) is 11.3 Å². The van der Waals surface area contributed by atoms with Crippen molar-refractivity contribution >= 4 is 44.8 Å². The number of aromatic amines is 1. The molecule has 0 atom stereocenters. The quantitative estimate of drug-likeness (QED) is 0.751. The Hall–Kier alpha value is -1.56. The molecule has 2 aromatic heterocycles. The van der Waals surface area contributed by atoms with Crippen LogP contribution in [-0.2, 0) is 6.54 Å². The number of fused-ring (bicyclic) bond motifs is 1. The molecule has 0 aliphatic heterocycles. The second-order valence-corrected chi connectivity index (χ2v) is 7.53. The van der Waals surface area contributed by atoms with Crippen molar-refractivity contribution in [1.82, 2.24) is 9.55 Å². The Morgan fingerprint density at radius 1 is 1.22 bits per heavy atom. The van der Waals surface area contributed by atoms with Crippen molar-refractivity contribution in [2.45, 2.75) is 26.3 Å². The minimum absolute atomic E-state index is 0.104.